The number of aryl methyl sites for hydroxylation is 1. The molecule has 0 heteroatoms. The zero-order chi connectivity index (χ0) is 17.6. The third kappa shape index (κ3) is 4.28. The van der Waals surface area contributed by atoms with Gasteiger partial charge in [0.1, 0.15) is 0 Å². The first-order valence-electron chi connectivity index (χ1n) is 9.90. The second-order valence-corrected chi connectivity index (χ2v) is 6.94. The molecule has 0 heterocycles. The number of fused-ring (bicyclic) bond motifs is 3. The van der Waals surface area contributed by atoms with Crippen molar-refractivity contribution in [2.45, 2.75) is 86.5 Å². The SMILES string of the molecule is CC.CC.Cc1cc2c(cc1C(C)C)C=CC1C(C)CCCC21. The molecule has 0 saturated heterocycles. The molecule has 0 aromatic heterocycles. The van der Waals surface area contributed by atoms with E-state index < -0.39 is 0 Å². The first-order valence-corrected chi connectivity index (χ1v) is 9.90. The van der Waals surface area contributed by atoms with Gasteiger partial charge in [0, 0.05) is 0 Å². The molecule has 0 amide bonds. The summed E-state index contributed by atoms with van der Waals surface area (Å²) in [6, 6.07) is 4.94. The minimum absolute atomic E-state index is 0.627. The monoisotopic (exact) mass is 314 g/mol. The van der Waals surface area contributed by atoms with Crippen molar-refractivity contribution >= 4 is 6.08 Å². The summed E-state index contributed by atoms with van der Waals surface area (Å²) in [5.41, 5.74) is 6.12. The normalized spacial score (nSPS) is 24.7. The highest BCUT2D eigenvalue weighted by Gasteiger charge is 2.33. The van der Waals surface area contributed by atoms with E-state index >= 15 is 0 Å². The van der Waals surface area contributed by atoms with Gasteiger partial charge >= 0.3 is 0 Å². The molecule has 1 fully saturated rings. The van der Waals surface area contributed by atoms with Crippen LogP contribution in [-0.4, -0.2) is 0 Å². The molecule has 1 aromatic rings. The lowest BCUT2D eigenvalue weighted by Crippen LogP contribution is -2.26. The van der Waals surface area contributed by atoms with Crippen molar-refractivity contribution in [1.29, 1.82) is 0 Å². The summed E-state index contributed by atoms with van der Waals surface area (Å²) < 4.78 is 0. The Bertz CT molecular complexity index is 507. The third-order valence-electron chi connectivity index (χ3n) is 5.29. The van der Waals surface area contributed by atoms with Gasteiger partial charge in [0.2, 0.25) is 0 Å². The van der Waals surface area contributed by atoms with Gasteiger partial charge in [-0.3, -0.25) is 0 Å². The molecule has 0 radical (unpaired) electrons. The lowest BCUT2D eigenvalue weighted by Gasteiger charge is -2.38. The molecule has 3 rings (SSSR count). The van der Waals surface area contributed by atoms with Gasteiger partial charge in [-0.25, -0.2) is 0 Å². The number of rotatable bonds is 1. The van der Waals surface area contributed by atoms with Gasteiger partial charge < -0.3 is 0 Å². The first-order chi connectivity index (χ1) is 11.1. The average Bonchev–Trinajstić information content (AvgIpc) is 2.58. The fourth-order valence-corrected chi connectivity index (χ4v) is 4.19. The van der Waals surface area contributed by atoms with E-state index in [0.29, 0.717) is 5.92 Å². The zero-order valence-electron chi connectivity index (χ0n) is 16.7. The molecule has 1 saturated carbocycles. The van der Waals surface area contributed by atoms with Gasteiger partial charge in [-0.1, -0.05) is 85.6 Å². The van der Waals surface area contributed by atoms with E-state index in [0.717, 1.165) is 17.8 Å². The Labute approximate surface area is 145 Å². The fourth-order valence-electron chi connectivity index (χ4n) is 4.19. The molecule has 2 aliphatic carbocycles. The van der Waals surface area contributed by atoms with Crippen LogP contribution in [0.3, 0.4) is 0 Å². The Hall–Kier alpha value is -1.04. The number of allylic oxidation sites excluding steroid dienone is 1. The van der Waals surface area contributed by atoms with Gasteiger partial charge in [0.25, 0.3) is 0 Å². The Morgan fingerprint density at radius 2 is 1.65 bits per heavy atom. The van der Waals surface area contributed by atoms with Crippen LogP contribution in [-0.2, 0) is 0 Å². The maximum absolute atomic E-state index is 2.50. The molecule has 0 N–H and O–H groups in total. The van der Waals surface area contributed by atoms with Gasteiger partial charge in [0.05, 0.1) is 0 Å². The fraction of sp³-hybridized carbons (Fsp3) is 0.652. The van der Waals surface area contributed by atoms with Crippen LogP contribution in [0.15, 0.2) is 18.2 Å². The summed E-state index contributed by atoms with van der Waals surface area (Å²) in [5.74, 6) is 3.05. The molecule has 2 aliphatic rings. The number of hydrogen-bond donors (Lipinski definition) is 0. The Morgan fingerprint density at radius 3 is 2.26 bits per heavy atom. The molecule has 1 aromatic carbocycles. The minimum Gasteiger partial charge on any atom is -0.0799 e. The second kappa shape index (κ2) is 9.30. The molecule has 23 heavy (non-hydrogen) atoms. The van der Waals surface area contributed by atoms with Crippen molar-refractivity contribution in [2.75, 3.05) is 0 Å². The number of benzene rings is 1. The van der Waals surface area contributed by atoms with Crippen molar-refractivity contribution in [3.63, 3.8) is 0 Å². The summed E-state index contributed by atoms with van der Waals surface area (Å²) in [5, 5.41) is 0. The van der Waals surface area contributed by atoms with Crippen molar-refractivity contribution in [1.82, 2.24) is 0 Å². The molecule has 3 unspecified atom stereocenters. The standard InChI is InChI=1S/C19H26.2C2H6/c1-12(2)18-11-15-8-9-16-13(3)6-5-7-17(16)19(15)10-14(18)4;2*1-2/h8-13,16-17H,5-7H2,1-4H3;2*1-2H3. The van der Waals surface area contributed by atoms with Crippen LogP contribution in [0.4, 0.5) is 0 Å². The molecule has 0 bridgehead atoms. The summed E-state index contributed by atoms with van der Waals surface area (Å²) in [6.45, 7) is 17.3. The molecular formula is C23H38. The molecule has 0 nitrogen and oxygen atoms in total. The summed E-state index contributed by atoms with van der Waals surface area (Å²) in [4.78, 5) is 0. The summed E-state index contributed by atoms with van der Waals surface area (Å²) >= 11 is 0. The molecule has 3 atom stereocenters. The maximum Gasteiger partial charge on any atom is -0.00903 e. The van der Waals surface area contributed by atoms with Gasteiger partial charge in [-0.15, -0.1) is 0 Å². The third-order valence-corrected chi connectivity index (χ3v) is 5.29. The number of hydrogen-bond acceptors (Lipinski definition) is 0. The van der Waals surface area contributed by atoms with Crippen LogP contribution >= 0.6 is 0 Å². The van der Waals surface area contributed by atoms with Crippen LogP contribution < -0.4 is 0 Å². The van der Waals surface area contributed by atoms with Gasteiger partial charge in [-0.05, 0) is 59.3 Å². The topological polar surface area (TPSA) is 0 Å². The largest absolute Gasteiger partial charge is 0.0799 e. The lowest BCUT2D eigenvalue weighted by atomic mass is 9.66. The smallest absolute Gasteiger partial charge is 0.00903 e. The Balaban J connectivity index is 0.000000615. The molecule has 0 aliphatic heterocycles. The van der Waals surface area contributed by atoms with E-state index in [1.807, 2.05) is 27.7 Å². The van der Waals surface area contributed by atoms with Crippen molar-refractivity contribution < 1.29 is 0 Å². The van der Waals surface area contributed by atoms with Crippen molar-refractivity contribution in [3.8, 4) is 0 Å². The highest BCUT2D eigenvalue weighted by atomic mass is 14.4. The average molecular weight is 315 g/mol. The van der Waals surface area contributed by atoms with Crippen LogP contribution in [0, 0.1) is 18.8 Å². The molecule has 130 valence electrons. The Kier molecular flexibility index (Phi) is 8.09. The van der Waals surface area contributed by atoms with Gasteiger partial charge in [-0.2, -0.15) is 0 Å². The predicted molar refractivity (Wildman–Crippen MR) is 106 cm³/mol. The van der Waals surface area contributed by atoms with E-state index in [2.05, 4.69) is 52.0 Å². The minimum atomic E-state index is 0.627. The highest BCUT2D eigenvalue weighted by Crippen LogP contribution is 2.46. The van der Waals surface area contributed by atoms with E-state index in [4.69, 9.17) is 0 Å². The van der Waals surface area contributed by atoms with Crippen LogP contribution in [0.2, 0.25) is 0 Å². The maximum atomic E-state index is 2.50. The summed E-state index contributed by atoms with van der Waals surface area (Å²) in [7, 11) is 0. The van der Waals surface area contributed by atoms with E-state index in [-0.39, 0.29) is 0 Å². The lowest BCUT2D eigenvalue weighted by molar-refractivity contribution is 0.264. The van der Waals surface area contributed by atoms with Crippen LogP contribution in [0.25, 0.3) is 6.08 Å². The summed E-state index contributed by atoms with van der Waals surface area (Å²) in [6.07, 6.45) is 9.08. The van der Waals surface area contributed by atoms with Gasteiger partial charge in [0.15, 0.2) is 0 Å². The zero-order valence-corrected chi connectivity index (χ0v) is 16.7. The molecular weight excluding hydrogens is 276 g/mol. The predicted octanol–water partition coefficient (Wildman–Crippen LogP) is 7.72. The van der Waals surface area contributed by atoms with Crippen LogP contribution in [0.5, 0.6) is 0 Å². The first kappa shape index (κ1) is 20.0. The Morgan fingerprint density at radius 1 is 1.00 bits per heavy atom. The van der Waals surface area contributed by atoms with E-state index in [1.165, 1.54) is 36.0 Å². The van der Waals surface area contributed by atoms with Crippen LogP contribution in [0.1, 0.15) is 102 Å². The second-order valence-electron chi connectivity index (χ2n) is 6.94. The molecule has 0 spiro atoms. The van der Waals surface area contributed by atoms with Crippen molar-refractivity contribution in [3.05, 3.63) is 40.5 Å². The highest BCUT2D eigenvalue weighted by molar-refractivity contribution is 5.61. The van der Waals surface area contributed by atoms with Crippen molar-refractivity contribution in [2.24, 2.45) is 11.8 Å². The quantitative estimate of drug-likeness (QED) is 0.497. The van der Waals surface area contributed by atoms with E-state index in [1.54, 1.807) is 5.56 Å². The van der Waals surface area contributed by atoms with E-state index in [9.17, 15) is 0 Å².